The van der Waals surface area contributed by atoms with Crippen LogP contribution < -0.4 is 5.62 Å². The van der Waals surface area contributed by atoms with Crippen LogP contribution in [0.3, 0.4) is 0 Å². The number of Topliss-reactive ketones (excluding diaryl/α,β-unsaturated/α-hetero) is 1. The first kappa shape index (κ1) is 17.7. The van der Waals surface area contributed by atoms with Crippen LogP contribution in [0.25, 0.3) is 11.0 Å². The Bertz CT molecular complexity index is 889. The van der Waals surface area contributed by atoms with Crippen molar-refractivity contribution < 1.29 is 4.79 Å². The van der Waals surface area contributed by atoms with E-state index in [0.717, 1.165) is 28.9 Å². The molecule has 5 heteroatoms. The van der Waals surface area contributed by atoms with Crippen molar-refractivity contribution in [2.75, 3.05) is 0 Å². The predicted octanol–water partition coefficient (Wildman–Crippen LogP) is 4.84. The predicted molar refractivity (Wildman–Crippen MR) is 103 cm³/mol. The minimum atomic E-state index is 0.0688. The number of hydrogen-bond donors (Lipinski definition) is 1. The number of aromatic nitrogens is 2. The molecule has 3 rings (SSSR count). The van der Waals surface area contributed by atoms with E-state index in [4.69, 9.17) is 5.41 Å². The van der Waals surface area contributed by atoms with Crippen molar-refractivity contribution >= 4 is 28.2 Å². The van der Waals surface area contributed by atoms with Crippen molar-refractivity contribution in [3.8, 4) is 0 Å². The molecule has 0 saturated heterocycles. The molecule has 25 heavy (non-hydrogen) atoms. The summed E-state index contributed by atoms with van der Waals surface area (Å²) in [5.41, 5.74) is 2.43. The molecule has 1 N–H and O–H groups in total. The number of rotatable bonds is 9. The van der Waals surface area contributed by atoms with Crippen molar-refractivity contribution in [3.05, 3.63) is 52.3 Å². The highest BCUT2D eigenvalue weighted by Crippen LogP contribution is 2.16. The Kier molecular flexibility index (Phi) is 5.87. The van der Waals surface area contributed by atoms with E-state index in [1.54, 1.807) is 0 Å². The SMILES string of the molecule is CCCCCCCn1c(=N)n(CC(=O)c2cccs2)c2ccccc21. The van der Waals surface area contributed by atoms with Gasteiger partial charge in [-0.2, -0.15) is 0 Å². The molecule has 0 amide bonds. The van der Waals surface area contributed by atoms with E-state index in [2.05, 4.69) is 6.92 Å². The largest absolute Gasteiger partial charge is 0.310 e. The molecule has 2 aromatic heterocycles. The van der Waals surface area contributed by atoms with Crippen LogP contribution in [0.4, 0.5) is 0 Å². The van der Waals surface area contributed by atoms with E-state index in [1.165, 1.54) is 37.0 Å². The Morgan fingerprint density at radius 2 is 1.72 bits per heavy atom. The molecular weight excluding hydrogens is 330 g/mol. The topological polar surface area (TPSA) is 50.8 Å². The maximum Gasteiger partial charge on any atom is 0.203 e. The molecule has 0 saturated carbocycles. The van der Waals surface area contributed by atoms with E-state index < -0.39 is 0 Å². The van der Waals surface area contributed by atoms with Gasteiger partial charge < -0.3 is 9.13 Å². The van der Waals surface area contributed by atoms with Crippen LogP contribution >= 0.6 is 11.3 Å². The van der Waals surface area contributed by atoms with Crippen molar-refractivity contribution in [3.63, 3.8) is 0 Å². The number of fused-ring (bicyclic) bond motifs is 1. The highest BCUT2D eigenvalue weighted by Gasteiger charge is 2.14. The first-order valence-corrected chi connectivity index (χ1v) is 9.89. The molecule has 0 fully saturated rings. The van der Waals surface area contributed by atoms with Gasteiger partial charge in [-0.25, -0.2) is 0 Å². The molecule has 132 valence electrons. The molecule has 0 unspecified atom stereocenters. The molecule has 0 radical (unpaired) electrons. The quantitative estimate of drug-likeness (QED) is 0.433. The fourth-order valence-corrected chi connectivity index (χ4v) is 3.87. The van der Waals surface area contributed by atoms with Crippen LogP contribution in [0.15, 0.2) is 41.8 Å². The van der Waals surface area contributed by atoms with Crippen molar-refractivity contribution in [1.29, 1.82) is 5.41 Å². The maximum atomic E-state index is 12.5. The Morgan fingerprint density at radius 3 is 2.40 bits per heavy atom. The van der Waals surface area contributed by atoms with Crippen molar-refractivity contribution in [1.82, 2.24) is 9.13 Å². The lowest BCUT2D eigenvalue weighted by Gasteiger charge is -2.04. The molecule has 2 heterocycles. The molecule has 0 atom stereocenters. The lowest BCUT2D eigenvalue weighted by atomic mass is 10.1. The third-order valence-corrected chi connectivity index (χ3v) is 5.47. The van der Waals surface area contributed by atoms with Crippen LogP contribution in [0.5, 0.6) is 0 Å². The molecule has 0 bridgehead atoms. The fourth-order valence-electron chi connectivity index (χ4n) is 3.21. The minimum absolute atomic E-state index is 0.0688. The molecule has 0 aliphatic heterocycles. The summed E-state index contributed by atoms with van der Waals surface area (Å²) in [4.78, 5) is 13.3. The molecule has 0 aliphatic carbocycles. The number of imidazole rings is 1. The summed E-state index contributed by atoms with van der Waals surface area (Å²) in [7, 11) is 0. The zero-order valence-electron chi connectivity index (χ0n) is 14.7. The number of nitrogens with zero attached hydrogens (tertiary/aromatic N) is 2. The summed E-state index contributed by atoms with van der Waals surface area (Å²) < 4.78 is 3.88. The van der Waals surface area contributed by atoms with Crippen LogP contribution in [0.2, 0.25) is 0 Å². The average molecular weight is 356 g/mol. The summed E-state index contributed by atoms with van der Waals surface area (Å²) in [6.07, 6.45) is 6.02. The number of ketones is 1. The molecular formula is C20H25N3OS. The van der Waals surface area contributed by atoms with Gasteiger partial charge in [-0.3, -0.25) is 10.2 Å². The van der Waals surface area contributed by atoms with Crippen LogP contribution in [-0.2, 0) is 13.1 Å². The van der Waals surface area contributed by atoms with Gasteiger partial charge in [-0.15, -0.1) is 11.3 Å². The van der Waals surface area contributed by atoms with Crippen LogP contribution in [0, 0.1) is 5.41 Å². The minimum Gasteiger partial charge on any atom is -0.310 e. The van der Waals surface area contributed by atoms with E-state index in [-0.39, 0.29) is 12.3 Å². The Morgan fingerprint density at radius 1 is 1.00 bits per heavy atom. The second-order valence-electron chi connectivity index (χ2n) is 6.36. The monoisotopic (exact) mass is 355 g/mol. The van der Waals surface area contributed by atoms with Gasteiger partial charge in [0.15, 0.2) is 5.78 Å². The standard InChI is InChI=1S/C20H25N3OS/c1-2-3-4-5-8-13-22-16-10-6-7-11-17(16)23(20(22)21)15-18(24)19-12-9-14-25-19/h6-7,9-12,14,21H,2-5,8,13,15H2,1H3. The van der Waals surface area contributed by atoms with Crippen LogP contribution in [-0.4, -0.2) is 14.9 Å². The molecule has 1 aromatic carbocycles. The average Bonchev–Trinajstić information content (AvgIpc) is 3.24. The number of para-hydroxylation sites is 2. The fraction of sp³-hybridized carbons (Fsp3) is 0.400. The van der Waals surface area contributed by atoms with Gasteiger partial charge in [0.1, 0.15) is 0 Å². The molecule has 4 nitrogen and oxygen atoms in total. The van der Waals surface area contributed by atoms with Gasteiger partial charge in [0, 0.05) is 6.54 Å². The summed E-state index contributed by atoms with van der Waals surface area (Å²) >= 11 is 1.46. The number of unbranched alkanes of at least 4 members (excludes halogenated alkanes) is 4. The van der Waals surface area contributed by atoms with Crippen LogP contribution in [0.1, 0.15) is 48.7 Å². The number of carbonyl (C=O) groups is 1. The number of hydrogen-bond acceptors (Lipinski definition) is 3. The van der Waals surface area contributed by atoms with Gasteiger partial charge in [-0.1, -0.05) is 50.8 Å². The van der Waals surface area contributed by atoms with Crippen molar-refractivity contribution in [2.45, 2.75) is 52.1 Å². The normalized spacial score (nSPS) is 11.2. The summed E-state index contributed by atoms with van der Waals surface area (Å²) in [6, 6.07) is 11.8. The van der Waals surface area contributed by atoms with Gasteiger partial charge in [0.05, 0.1) is 22.5 Å². The lowest BCUT2D eigenvalue weighted by Crippen LogP contribution is -2.27. The third-order valence-electron chi connectivity index (χ3n) is 4.56. The first-order chi connectivity index (χ1) is 12.2. The van der Waals surface area contributed by atoms with Gasteiger partial charge >= 0.3 is 0 Å². The molecule has 3 aromatic rings. The lowest BCUT2D eigenvalue weighted by molar-refractivity contribution is 0.0975. The van der Waals surface area contributed by atoms with Gasteiger partial charge in [0.25, 0.3) is 0 Å². The summed E-state index contributed by atoms with van der Waals surface area (Å²) in [5, 5.41) is 10.5. The Labute approximate surface area is 152 Å². The number of benzene rings is 1. The highest BCUT2D eigenvalue weighted by atomic mass is 32.1. The zero-order chi connectivity index (χ0) is 17.6. The summed E-state index contributed by atoms with van der Waals surface area (Å²) in [6.45, 7) is 3.28. The number of thiophene rings is 1. The highest BCUT2D eigenvalue weighted by molar-refractivity contribution is 7.12. The smallest absolute Gasteiger partial charge is 0.203 e. The molecule has 0 spiro atoms. The number of aryl methyl sites for hydroxylation is 1. The Balaban J connectivity index is 1.85. The van der Waals surface area contributed by atoms with Gasteiger partial charge in [0.2, 0.25) is 5.62 Å². The molecule has 0 aliphatic rings. The number of carbonyl (C=O) groups excluding carboxylic acids is 1. The van der Waals surface area contributed by atoms with E-state index in [1.807, 2.05) is 50.9 Å². The Hall–Kier alpha value is -2.14. The van der Waals surface area contributed by atoms with E-state index in [9.17, 15) is 4.79 Å². The van der Waals surface area contributed by atoms with Crippen molar-refractivity contribution in [2.24, 2.45) is 0 Å². The second kappa shape index (κ2) is 8.30. The first-order valence-electron chi connectivity index (χ1n) is 9.01. The second-order valence-corrected chi connectivity index (χ2v) is 7.31. The number of nitrogens with one attached hydrogen (secondary N) is 1. The van der Waals surface area contributed by atoms with Gasteiger partial charge in [-0.05, 0) is 30.0 Å². The zero-order valence-corrected chi connectivity index (χ0v) is 15.5. The maximum absolute atomic E-state index is 12.5. The van der Waals surface area contributed by atoms with E-state index in [0.29, 0.717) is 5.62 Å². The summed E-state index contributed by atoms with van der Waals surface area (Å²) in [5.74, 6) is 0.0688. The van der Waals surface area contributed by atoms with E-state index >= 15 is 0 Å². The third kappa shape index (κ3) is 3.93.